The third-order valence-corrected chi connectivity index (χ3v) is 15.2. The molecule has 10 nitrogen and oxygen atoms in total. The highest BCUT2D eigenvalue weighted by Gasteiger charge is 2.44. The summed E-state index contributed by atoms with van der Waals surface area (Å²) in [5.41, 5.74) is 0. The van der Waals surface area contributed by atoms with Crippen LogP contribution in [0.3, 0.4) is 0 Å². The lowest BCUT2D eigenvalue weighted by atomic mass is 9.99. The maximum atomic E-state index is 13.1. The molecule has 0 spiro atoms. The molecule has 0 aliphatic carbocycles. The van der Waals surface area contributed by atoms with E-state index in [0.29, 0.717) is 12.8 Å². The van der Waals surface area contributed by atoms with Gasteiger partial charge in [-0.1, -0.05) is 282 Å². The van der Waals surface area contributed by atoms with Gasteiger partial charge in [0.05, 0.1) is 25.4 Å². The van der Waals surface area contributed by atoms with E-state index in [1.807, 2.05) is 0 Å². The summed E-state index contributed by atoms with van der Waals surface area (Å²) in [4.78, 5) is 13.1. The first-order valence-electron chi connectivity index (χ1n) is 31.1. The van der Waals surface area contributed by atoms with Crippen LogP contribution in [0.2, 0.25) is 0 Å². The molecule has 1 heterocycles. The number of aliphatic hydroxyl groups is 6. The second kappa shape index (κ2) is 51.7. The van der Waals surface area contributed by atoms with Crippen LogP contribution < -0.4 is 5.32 Å². The molecule has 8 atom stereocenters. The summed E-state index contributed by atoms with van der Waals surface area (Å²) >= 11 is 0. The van der Waals surface area contributed by atoms with Crippen molar-refractivity contribution in [1.29, 1.82) is 0 Å². The SMILES string of the molecule is CCCCCCCCCCCCCCC/C=C\C/C=C\CCCCCCCCCCCCCCCCCCC(O)C(=O)NC(COC1OC(CO)C(O)C(O)C1O)C(O)CCCCCCCCCCCCC. The number of nitrogens with one attached hydrogen (secondary N) is 1. The molecule has 0 saturated carbocycles. The third kappa shape index (κ3) is 40.0. The van der Waals surface area contributed by atoms with Crippen LogP contribution in [0.5, 0.6) is 0 Å². The Morgan fingerprint density at radius 1 is 0.472 bits per heavy atom. The van der Waals surface area contributed by atoms with Crippen LogP contribution in [0.25, 0.3) is 0 Å². The second-order valence-electron chi connectivity index (χ2n) is 22.0. The van der Waals surface area contributed by atoms with Gasteiger partial charge in [0.2, 0.25) is 5.91 Å². The van der Waals surface area contributed by atoms with Crippen molar-refractivity contribution in [1.82, 2.24) is 5.32 Å². The molecule has 72 heavy (non-hydrogen) atoms. The van der Waals surface area contributed by atoms with Gasteiger partial charge >= 0.3 is 0 Å². The predicted octanol–water partition coefficient (Wildman–Crippen LogP) is 14.7. The Labute approximate surface area is 443 Å². The normalized spacial score (nSPS) is 19.7. The molecule has 1 aliphatic heterocycles. The molecule has 1 aliphatic rings. The Kier molecular flexibility index (Phi) is 49.3. The maximum Gasteiger partial charge on any atom is 0.249 e. The zero-order chi connectivity index (χ0) is 52.4. The van der Waals surface area contributed by atoms with Crippen LogP contribution in [-0.4, -0.2) is 98.7 Å². The topological polar surface area (TPSA) is 169 Å². The lowest BCUT2D eigenvalue weighted by Gasteiger charge is -2.40. The van der Waals surface area contributed by atoms with E-state index in [1.165, 1.54) is 218 Å². The molecule has 0 aromatic heterocycles. The van der Waals surface area contributed by atoms with E-state index in [2.05, 4.69) is 43.5 Å². The van der Waals surface area contributed by atoms with E-state index >= 15 is 0 Å². The summed E-state index contributed by atoms with van der Waals surface area (Å²) < 4.78 is 11.2. The molecule has 7 N–H and O–H groups in total. The van der Waals surface area contributed by atoms with Gasteiger partial charge in [0, 0.05) is 0 Å². The number of carbonyl (C=O) groups excluding carboxylic acids is 1. The Balaban J connectivity index is 2.07. The van der Waals surface area contributed by atoms with E-state index in [-0.39, 0.29) is 6.61 Å². The number of ether oxygens (including phenoxy) is 2. The van der Waals surface area contributed by atoms with Crippen molar-refractivity contribution >= 4 is 5.91 Å². The molecule has 1 rings (SSSR count). The molecular weight excluding hydrogens is 903 g/mol. The molecule has 0 radical (unpaired) electrons. The Hall–Kier alpha value is -1.37. The fourth-order valence-corrected chi connectivity index (χ4v) is 10.1. The lowest BCUT2D eigenvalue weighted by molar-refractivity contribution is -0.302. The van der Waals surface area contributed by atoms with E-state index in [0.717, 1.165) is 57.8 Å². The molecule has 0 bridgehead atoms. The van der Waals surface area contributed by atoms with Gasteiger partial charge in [0.15, 0.2) is 6.29 Å². The monoisotopic (exact) mass is 1020 g/mol. The zero-order valence-corrected chi connectivity index (χ0v) is 47.1. The minimum atomic E-state index is -1.60. The van der Waals surface area contributed by atoms with Gasteiger partial charge in [-0.15, -0.1) is 0 Å². The van der Waals surface area contributed by atoms with Gasteiger partial charge in [-0.25, -0.2) is 0 Å². The predicted molar refractivity (Wildman–Crippen MR) is 301 cm³/mol. The molecular formula is C62H119NO9. The molecule has 0 aromatic rings. The zero-order valence-electron chi connectivity index (χ0n) is 47.1. The fraction of sp³-hybridized carbons (Fsp3) is 0.919. The average Bonchev–Trinajstić information content (AvgIpc) is 3.38. The maximum absolute atomic E-state index is 13.1. The number of rotatable bonds is 54. The highest BCUT2D eigenvalue weighted by Crippen LogP contribution is 2.23. The Morgan fingerprint density at radius 2 is 0.819 bits per heavy atom. The van der Waals surface area contributed by atoms with Crippen molar-refractivity contribution in [2.75, 3.05) is 13.2 Å². The van der Waals surface area contributed by atoms with Gasteiger partial charge in [-0.05, 0) is 44.9 Å². The van der Waals surface area contributed by atoms with E-state index in [9.17, 15) is 35.4 Å². The van der Waals surface area contributed by atoms with Crippen molar-refractivity contribution in [2.45, 2.75) is 352 Å². The summed E-state index contributed by atoms with van der Waals surface area (Å²) in [6.45, 7) is 3.69. The van der Waals surface area contributed by atoms with Crippen LogP contribution in [0.4, 0.5) is 0 Å². The van der Waals surface area contributed by atoms with Crippen LogP contribution in [0.1, 0.15) is 303 Å². The molecule has 0 aromatic carbocycles. The molecule has 1 fully saturated rings. The highest BCUT2D eigenvalue weighted by molar-refractivity contribution is 5.80. The summed E-state index contributed by atoms with van der Waals surface area (Å²) in [6, 6.07) is -0.892. The number of carbonyl (C=O) groups is 1. The van der Waals surface area contributed by atoms with Crippen LogP contribution in [0.15, 0.2) is 24.3 Å². The van der Waals surface area contributed by atoms with Gasteiger partial charge in [0.1, 0.15) is 30.5 Å². The number of allylic oxidation sites excluding steroid dienone is 4. The van der Waals surface area contributed by atoms with E-state index in [1.54, 1.807) is 0 Å². The van der Waals surface area contributed by atoms with E-state index < -0.39 is 61.5 Å². The lowest BCUT2D eigenvalue weighted by Crippen LogP contribution is -2.60. The quantitative estimate of drug-likeness (QED) is 0.0232. The Morgan fingerprint density at radius 3 is 1.19 bits per heavy atom. The second-order valence-corrected chi connectivity index (χ2v) is 22.0. The minimum Gasteiger partial charge on any atom is -0.394 e. The minimum absolute atomic E-state index is 0.253. The van der Waals surface area contributed by atoms with Gasteiger partial charge in [-0.3, -0.25) is 4.79 Å². The van der Waals surface area contributed by atoms with Gasteiger partial charge in [0.25, 0.3) is 0 Å². The number of hydrogen-bond donors (Lipinski definition) is 7. The largest absolute Gasteiger partial charge is 0.394 e. The fourth-order valence-electron chi connectivity index (χ4n) is 10.1. The first-order valence-corrected chi connectivity index (χ1v) is 31.1. The molecule has 1 amide bonds. The molecule has 10 heteroatoms. The number of hydrogen-bond acceptors (Lipinski definition) is 9. The van der Waals surface area contributed by atoms with Crippen molar-refractivity contribution in [3.05, 3.63) is 24.3 Å². The first kappa shape index (κ1) is 68.6. The number of unbranched alkanes of at least 4 members (excludes halogenated alkanes) is 39. The molecule has 426 valence electrons. The third-order valence-electron chi connectivity index (χ3n) is 15.2. The number of amides is 1. The smallest absolute Gasteiger partial charge is 0.249 e. The summed E-state index contributed by atoms with van der Waals surface area (Å²) in [6.07, 6.45) is 55.7. The van der Waals surface area contributed by atoms with Crippen molar-refractivity contribution in [3.63, 3.8) is 0 Å². The number of aliphatic hydroxyl groups excluding tert-OH is 6. The summed E-state index contributed by atoms with van der Waals surface area (Å²) in [7, 11) is 0. The van der Waals surface area contributed by atoms with E-state index in [4.69, 9.17) is 9.47 Å². The van der Waals surface area contributed by atoms with Crippen LogP contribution in [-0.2, 0) is 14.3 Å². The van der Waals surface area contributed by atoms with Gasteiger partial charge in [-0.2, -0.15) is 0 Å². The molecule has 1 saturated heterocycles. The summed E-state index contributed by atoms with van der Waals surface area (Å²) in [5.74, 6) is -0.581. The standard InChI is InChI=1S/C62H119NO9/c1-3-5-7-9-11-13-15-16-17-18-19-20-21-22-23-24-25-26-27-28-29-30-31-32-33-34-35-36-37-38-39-41-43-45-47-49-51-56(66)61(70)63-54(53-71-62-60(69)59(68)58(67)57(52-64)72-62)55(65)50-48-46-44-42-40-14-12-10-8-6-4-2/h23-24,26-27,54-60,62,64-69H,3-22,25,28-53H2,1-2H3,(H,63,70)/b24-23-,27-26-. The molecule has 8 unspecified atom stereocenters. The Bertz CT molecular complexity index is 1200. The van der Waals surface area contributed by atoms with Crippen molar-refractivity contribution < 1.29 is 44.9 Å². The summed E-state index contributed by atoms with van der Waals surface area (Å²) in [5, 5.41) is 65.1. The highest BCUT2D eigenvalue weighted by atomic mass is 16.7. The average molecular weight is 1020 g/mol. The van der Waals surface area contributed by atoms with Crippen LogP contribution >= 0.6 is 0 Å². The van der Waals surface area contributed by atoms with Gasteiger partial charge < -0.3 is 45.4 Å². The first-order chi connectivity index (χ1) is 35.3. The van der Waals surface area contributed by atoms with Crippen molar-refractivity contribution in [3.8, 4) is 0 Å². The van der Waals surface area contributed by atoms with Crippen LogP contribution in [0, 0.1) is 0 Å². The van der Waals surface area contributed by atoms with Crippen molar-refractivity contribution in [2.24, 2.45) is 0 Å².